The van der Waals surface area contributed by atoms with Crippen molar-refractivity contribution in [3.63, 3.8) is 0 Å². The minimum absolute atomic E-state index is 0.0176. The molecule has 1 saturated heterocycles. The van der Waals surface area contributed by atoms with Crippen molar-refractivity contribution in [1.82, 2.24) is 15.1 Å². The van der Waals surface area contributed by atoms with E-state index in [1.165, 1.54) is 5.56 Å². The van der Waals surface area contributed by atoms with E-state index in [0.29, 0.717) is 12.8 Å². The van der Waals surface area contributed by atoms with Crippen LogP contribution in [0.1, 0.15) is 17.5 Å². The van der Waals surface area contributed by atoms with Gasteiger partial charge in [-0.25, -0.2) is 0 Å². The third-order valence-corrected chi connectivity index (χ3v) is 4.02. The first-order chi connectivity index (χ1) is 10.6. The van der Waals surface area contributed by atoms with Gasteiger partial charge >= 0.3 is 0 Å². The van der Waals surface area contributed by atoms with Crippen molar-refractivity contribution in [2.45, 2.75) is 19.8 Å². The largest absolute Gasteiger partial charge is 0.339 e. The van der Waals surface area contributed by atoms with Crippen LogP contribution < -0.4 is 5.32 Å². The molecule has 22 heavy (non-hydrogen) atoms. The molecule has 2 rings (SSSR count). The first kappa shape index (κ1) is 16.5. The predicted molar refractivity (Wildman–Crippen MR) is 86.6 cm³/mol. The molecular weight excluding hydrogens is 278 g/mol. The molecule has 1 fully saturated rings. The zero-order chi connectivity index (χ0) is 15.9. The second kappa shape index (κ2) is 7.94. The van der Waals surface area contributed by atoms with Crippen LogP contribution in [0.25, 0.3) is 0 Å². The van der Waals surface area contributed by atoms with Gasteiger partial charge in [0.1, 0.15) is 0 Å². The number of hydrogen-bond acceptors (Lipinski definition) is 3. The van der Waals surface area contributed by atoms with E-state index in [1.54, 1.807) is 11.9 Å². The monoisotopic (exact) mass is 303 g/mol. The van der Waals surface area contributed by atoms with Crippen molar-refractivity contribution in [2.75, 3.05) is 39.8 Å². The van der Waals surface area contributed by atoms with Gasteiger partial charge in [0.05, 0.1) is 6.54 Å². The number of nitrogens with one attached hydrogen (secondary N) is 1. The summed E-state index contributed by atoms with van der Waals surface area (Å²) < 4.78 is 0. The number of aryl methyl sites for hydroxylation is 2. The quantitative estimate of drug-likeness (QED) is 0.876. The molecule has 0 aromatic heterocycles. The van der Waals surface area contributed by atoms with Gasteiger partial charge in [-0.1, -0.05) is 29.8 Å². The number of carbonyl (C=O) groups excluding carboxylic acids is 2. The highest BCUT2D eigenvalue weighted by Gasteiger charge is 2.19. The van der Waals surface area contributed by atoms with Crippen LogP contribution in [0.3, 0.4) is 0 Å². The third kappa shape index (κ3) is 4.84. The van der Waals surface area contributed by atoms with E-state index in [4.69, 9.17) is 0 Å². The third-order valence-electron chi connectivity index (χ3n) is 4.02. The summed E-state index contributed by atoms with van der Waals surface area (Å²) in [4.78, 5) is 27.6. The van der Waals surface area contributed by atoms with Crippen molar-refractivity contribution in [3.05, 3.63) is 35.4 Å². The van der Waals surface area contributed by atoms with Crippen molar-refractivity contribution >= 4 is 11.8 Å². The minimum atomic E-state index is 0.0176. The molecule has 0 spiro atoms. The van der Waals surface area contributed by atoms with Crippen LogP contribution in [0.2, 0.25) is 0 Å². The lowest BCUT2D eigenvalue weighted by Crippen LogP contribution is -2.49. The summed E-state index contributed by atoms with van der Waals surface area (Å²) in [6.45, 7) is 5.33. The zero-order valence-corrected chi connectivity index (χ0v) is 13.5. The second-order valence-electron chi connectivity index (χ2n) is 5.87. The van der Waals surface area contributed by atoms with Gasteiger partial charge in [-0.2, -0.15) is 0 Å². The van der Waals surface area contributed by atoms with Gasteiger partial charge < -0.3 is 15.1 Å². The summed E-state index contributed by atoms with van der Waals surface area (Å²) in [5.74, 6) is 0.0525. The fourth-order valence-electron chi connectivity index (χ4n) is 2.50. The van der Waals surface area contributed by atoms with Crippen molar-refractivity contribution in [3.8, 4) is 0 Å². The molecule has 5 nitrogen and oxygen atoms in total. The number of amides is 2. The molecule has 0 saturated carbocycles. The van der Waals surface area contributed by atoms with Gasteiger partial charge in [0.25, 0.3) is 0 Å². The number of rotatable bonds is 5. The van der Waals surface area contributed by atoms with E-state index in [9.17, 15) is 9.59 Å². The molecule has 120 valence electrons. The molecule has 0 unspecified atom stereocenters. The van der Waals surface area contributed by atoms with E-state index in [1.807, 2.05) is 11.8 Å². The Morgan fingerprint density at radius 2 is 1.82 bits per heavy atom. The average Bonchev–Trinajstić information content (AvgIpc) is 2.54. The average molecular weight is 303 g/mol. The van der Waals surface area contributed by atoms with Crippen LogP contribution in [0, 0.1) is 6.92 Å². The molecule has 1 N–H and O–H groups in total. The molecule has 0 atom stereocenters. The Labute approximate surface area is 132 Å². The van der Waals surface area contributed by atoms with E-state index in [2.05, 4.69) is 29.6 Å². The Balaban J connectivity index is 1.76. The summed E-state index contributed by atoms with van der Waals surface area (Å²) in [7, 11) is 1.71. The van der Waals surface area contributed by atoms with Crippen LogP contribution in [0.5, 0.6) is 0 Å². The lowest BCUT2D eigenvalue weighted by Gasteiger charge is -2.29. The zero-order valence-electron chi connectivity index (χ0n) is 13.5. The van der Waals surface area contributed by atoms with Gasteiger partial charge in [-0.15, -0.1) is 0 Å². The smallest absolute Gasteiger partial charge is 0.242 e. The Hall–Kier alpha value is -1.88. The summed E-state index contributed by atoms with van der Waals surface area (Å²) in [6.07, 6.45) is 1.15. The summed E-state index contributed by atoms with van der Waals surface area (Å²) in [5.41, 5.74) is 2.37. The molecule has 0 radical (unpaired) electrons. The fraction of sp³-hybridized carbons (Fsp3) is 0.529. The molecule has 1 aliphatic rings. The normalized spacial score (nSPS) is 14.7. The van der Waals surface area contributed by atoms with Crippen LogP contribution in [0.15, 0.2) is 24.3 Å². The molecule has 5 heteroatoms. The van der Waals surface area contributed by atoms with E-state index in [0.717, 1.165) is 31.7 Å². The first-order valence-electron chi connectivity index (χ1n) is 7.84. The molecule has 0 aliphatic carbocycles. The maximum Gasteiger partial charge on any atom is 0.242 e. The Kier molecular flexibility index (Phi) is 5.95. The minimum Gasteiger partial charge on any atom is -0.339 e. The van der Waals surface area contributed by atoms with Gasteiger partial charge in [0.2, 0.25) is 11.8 Å². The summed E-state index contributed by atoms with van der Waals surface area (Å²) in [6, 6.07) is 8.21. The number of piperazine rings is 1. The topological polar surface area (TPSA) is 52.7 Å². The van der Waals surface area contributed by atoms with E-state index < -0.39 is 0 Å². The molecule has 0 bridgehead atoms. The summed E-state index contributed by atoms with van der Waals surface area (Å²) in [5, 5.41) is 3.21. The van der Waals surface area contributed by atoms with E-state index in [-0.39, 0.29) is 18.4 Å². The number of nitrogens with zero attached hydrogens (tertiary/aromatic N) is 2. The Morgan fingerprint density at radius 1 is 1.18 bits per heavy atom. The van der Waals surface area contributed by atoms with Crippen LogP contribution in [-0.4, -0.2) is 61.4 Å². The lowest BCUT2D eigenvalue weighted by atomic mass is 10.1. The molecular formula is C17H25N3O2. The number of likely N-dealkylation sites (N-methyl/N-ethyl adjacent to an activating group) is 1. The van der Waals surface area contributed by atoms with E-state index >= 15 is 0 Å². The molecule has 1 aromatic rings. The maximum atomic E-state index is 12.1. The predicted octanol–water partition coefficient (Wildman–Crippen LogP) is 0.818. The van der Waals surface area contributed by atoms with Gasteiger partial charge in [0, 0.05) is 39.6 Å². The second-order valence-corrected chi connectivity index (χ2v) is 5.87. The highest BCUT2D eigenvalue weighted by Crippen LogP contribution is 2.07. The molecule has 1 heterocycles. The molecule has 1 aromatic carbocycles. The van der Waals surface area contributed by atoms with Gasteiger partial charge in [-0.3, -0.25) is 9.59 Å². The van der Waals surface area contributed by atoms with Crippen LogP contribution >= 0.6 is 0 Å². The molecule has 2 amide bonds. The van der Waals surface area contributed by atoms with Crippen molar-refractivity contribution < 1.29 is 9.59 Å². The molecule has 1 aliphatic heterocycles. The maximum absolute atomic E-state index is 12.1. The van der Waals surface area contributed by atoms with Gasteiger partial charge in [-0.05, 0) is 18.9 Å². The number of benzene rings is 1. The van der Waals surface area contributed by atoms with Crippen molar-refractivity contribution in [1.29, 1.82) is 0 Å². The SMILES string of the molecule is Cc1ccc(CCC(=O)N(C)CC(=O)N2CCNCC2)cc1. The Bertz CT molecular complexity index is 507. The number of hydrogen-bond donors (Lipinski definition) is 1. The standard InChI is InChI=1S/C17H25N3O2/c1-14-3-5-15(6-4-14)7-8-16(21)19(2)13-17(22)20-11-9-18-10-12-20/h3-6,18H,7-13H2,1-2H3. The lowest BCUT2D eigenvalue weighted by molar-refractivity contribution is -0.139. The summed E-state index contributed by atoms with van der Waals surface area (Å²) >= 11 is 0. The first-order valence-corrected chi connectivity index (χ1v) is 7.84. The van der Waals surface area contributed by atoms with Gasteiger partial charge in [0.15, 0.2) is 0 Å². The van der Waals surface area contributed by atoms with Crippen LogP contribution in [-0.2, 0) is 16.0 Å². The highest BCUT2D eigenvalue weighted by atomic mass is 16.2. The van der Waals surface area contributed by atoms with Crippen molar-refractivity contribution in [2.24, 2.45) is 0 Å². The highest BCUT2D eigenvalue weighted by molar-refractivity contribution is 5.84. The fourth-order valence-corrected chi connectivity index (χ4v) is 2.50. The number of carbonyl (C=O) groups is 2. The Morgan fingerprint density at radius 3 is 2.45 bits per heavy atom. The van der Waals surface area contributed by atoms with Crippen LogP contribution in [0.4, 0.5) is 0 Å².